The van der Waals surface area contributed by atoms with Crippen LogP contribution in [0, 0.1) is 18.6 Å². The number of carbonyl (C=O) groups excluding carboxylic acids is 1. The summed E-state index contributed by atoms with van der Waals surface area (Å²) in [5.41, 5.74) is 1.70. The average molecular weight is 412 g/mol. The van der Waals surface area contributed by atoms with E-state index in [2.05, 4.69) is 5.16 Å². The topological polar surface area (TPSA) is 55.6 Å². The number of aryl methyl sites for hydroxylation is 1. The molecule has 7 heteroatoms. The van der Waals surface area contributed by atoms with Crippen molar-refractivity contribution >= 4 is 5.91 Å². The number of aromatic nitrogens is 1. The summed E-state index contributed by atoms with van der Waals surface area (Å²) in [5.74, 6) is -1.41. The van der Waals surface area contributed by atoms with Gasteiger partial charge in [-0.2, -0.15) is 0 Å². The van der Waals surface area contributed by atoms with E-state index in [1.807, 2.05) is 35.2 Å². The molecule has 30 heavy (non-hydrogen) atoms. The fourth-order valence-corrected chi connectivity index (χ4v) is 3.80. The van der Waals surface area contributed by atoms with Gasteiger partial charge in [-0.05, 0) is 43.9 Å². The predicted molar refractivity (Wildman–Crippen MR) is 106 cm³/mol. The molecule has 0 bridgehead atoms. The van der Waals surface area contributed by atoms with Gasteiger partial charge < -0.3 is 14.2 Å². The van der Waals surface area contributed by atoms with Crippen molar-refractivity contribution in [2.75, 3.05) is 6.54 Å². The van der Waals surface area contributed by atoms with Crippen LogP contribution in [-0.2, 0) is 6.61 Å². The van der Waals surface area contributed by atoms with E-state index >= 15 is 0 Å². The Morgan fingerprint density at radius 2 is 2.00 bits per heavy atom. The molecule has 1 atom stereocenters. The summed E-state index contributed by atoms with van der Waals surface area (Å²) in [6, 6.07) is 13.0. The summed E-state index contributed by atoms with van der Waals surface area (Å²) in [7, 11) is 0. The normalized spacial score (nSPS) is 16.5. The van der Waals surface area contributed by atoms with E-state index in [9.17, 15) is 13.6 Å². The zero-order valence-corrected chi connectivity index (χ0v) is 16.6. The maximum atomic E-state index is 13.9. The molecule has 2 aromatic carbocycles. The van der Waals surface area contributed by atoms with Crippen molar-refractivity contribution in [1.82, 2.24) is 10.1 Å². The van der Waals surface area contributed by atoms with Crippen LogP contribution in [0.1, 0.15) is 52.7 Å². The van der Waals surface area contributed by atoms with Crippen molar-refractivity contribution in [1.29, 1.82) is 0 Å². The highest BCUT2D eigenvalue weighted by atomic mass is 19.1. The summed E-state index contributed by atoms with van der Waals surface area (Å²) in [4.78, 5) is 15.2. The summed E-state index contributed by atoms with van der Waals surface area (Å²) in [6.45, 7) is 2.19. The first-order valence-electron chi connectivity index (χ1n) is 9.93. The molecule has 5 nitrogen and oxygen atoms in total. The van der Waals surface area contributed by atoms with E-state index in [-0.39, 0.29) is 30.0 Å². The van der Waals surface area contributed by atoms with Gasteiger partial charge in [0.2, 0.25) is 0 Å². The quantitative estimate of drug-likeness (QED) is 0.577. The number of rotatable bonds is 5. The standard InChI is InChI=1S/C23H22F2N2O3/c1-15-18(14-29-21-11-10-17(24)13-19(21)25)22(26-30-15)23(28)27-12-6-5-9-20(27)16-7-3-2-4-8-16/h2-4,7-8,10-11,13,20H,5-6,9,12,14H2,1H3. The third-order valence-electron chi connectivity index (χ3n) is 5.40. The Labute approximate surface area is 173 Å². The van der Waals surface area contributed by atoms with E-state index in [0.29, 0.717) is 17.9 Å². The first-order chi connectivity index (χ1) is 14.5. The molecule has 0 N–H and O–H groups in total. The minimum Gasteiger partial charge on any atom is -0.486 e. The lowest BCUT2D eigenvalue weighted by Gasteiger charge is -2.35. The van der Waals surface area contributed by atoms with Crippen molar-refractivity contribution in [3.05, 3.63) is 82.7 Å². The maximum Gasteiger partial charge on any atom is 0.276 e. The van der Waals surface area contributed by atoms with Gasteiger partial charge in [-0.15, -0.1) is 0 Å². The van der Waals surface area contributed by atoms with Crippen LogP contribution in [0.3, 0.4) is 0 Å². The Bertz CT molecular complexity index is 1040. The Kier molecular flexibility index (Phi) is 5.79. The van der Waals surface area contributed by atoms with Crippen LogP contribution in [0.15, 0.2) is 53.1 Å². The van der Waals surface area contributed by atoms with Crippen molar-refractivity contribution in [3.8, 4) is 5.75 Å². The van der Waals surface area contributed by atoms with Gasteiger partial charge in [0.15, 0.2) is 17.3 Å². The number of nitrogens with zero attached hydrogens (tertiary/aromatic N) is 2. The number of likely N-dealkylation sites (tertiary alicyclic amines) is 1. The zero-order chi connectivity index (χ0) is 21.1. The molecule has 0 spiro atoms. The second-order valence-corrected chi connectivity index (χ2v) is 7.35. The van der Waals surface area contributed by atoms with Crippen LogP contribution in [0.25, 0.3) is 0 Å². The molecule has 1 amide bonds. The number of ether oxygens (including phenoxy) is 1. The monoisotopic (exact) mass is 412 g/mol. The maximum absolute atomic E-state index is 13.9. The highest BCUT2D eigenvalue weighted by Crippen LogP contribution is 2.33. The number of benzene rings is 2. The molecule has 1 aliphatic rings. The van der Waals surface area contributed by atoms with Crippen LogP contribution in [-0.4, -0.2) is 22.5 Å². The number of hydrogen-bond acceptors (Lipinski definition) is 4. The van der Waals surface area contributed by atoms with Crippen LogP contribution >= 0.6 is 0 Å². The van der Waals surface area contributed by atoms with Gasteiger partial charge in [-0.1, -0.05) is 35.5 Å². The van der Waals surface area contributed by atoms with E-state index in [4.69, 9.17) is 9.26 Å². The second-order valence-electron chi connectivity index (χ2n) is 7.35. The number of piperidine rings is 1. The first-order valence-corrected chi connectivity index (χ1v) is 9.93. The molecule has 2 heterocycles. The Morgan fingerprint density at radius 3 is 2.77 bits per heavy atom. The molecule has 3 aromatic rings. The van der Waals surface area contributed by atoms with Crippen LogP contribution in [0.4, 0.5) is 8.78 Å². The number of carbonyl (C=O) groups is 1. The summed E-state index contributed by atoms with van der Waals surface area (Å²) in [6.07, 6.45) is 2.83. The Hall–Kier alpha value is -3.22. The molecule has 0 saturated carbocycles. The second kappa shape index (κ2) is 8.65. The van der Waals surface area contributed by atoms with Gasteiger partial charge in [0, 0.05) is 12.6 Å². The third kappa shape index (κ3) is 4.06. The molecule has 0 aliphatic carbocycles. The Balaban J connectivity index is 1.57. The average Bonchev–Trinajstić information content (AvgIpc) is 3.13. The van der Waals surface area contributed by atoms with Crippen molar-refractivity contribution in [2.24, 2.45) is 0 Å². The summed E-state index contributed by atoms with van der Waals surface area (Å²) < 4.78 is 37.7. The predicted octanol–water partition coefficient (Wildman–Crippen LogP) is 5.21. The molecule has 156 valence electrons. The van der Waals surface area contributed by atoms with Gasteiger partial charge >= 0.3 is 0 Å². The number of amides is 1. The first kappa shape index (κ1) is 20.1. The summed E-state index contributed by atoms with van der Waals surface area (Å²) in [5, 5.41) is 3.97. The molecule has 1 saturated heterocycles. The number of hydrogen-bond donors (Lipinski definition) is 0. The molecule has 1 unspecified atom stereocenters. The van der Waals surface area contributed by atoms with Crippen LogP contribution in [0.5, 0.6) is 5.75 Å². The molecule has 0 radical (unpaired) electrons. The molecular weight excluding hydrogens is 390 g/mol. The van der Waals surface area contributed by atoms with Gasteiger partial charge in [-0.25, -0.2) is 8.78 Å². The molecule has 4 rings (SSSR count). The molecular formula is C23H22F2N2O3. The van der Waals surface area contributed by atoms with E-state index in [1.165, 1.54) is 6.07 Å². The van der Waals surface area contributed by atoms with Crippen LogP contribution < -0.4 is 4.74 Å². The lowest BCUT2D eigenvalue weighted by atomic mass is 9.94. The molecule has 1 aliphatic heterocycles. The van der Waals surface area contributed by atoms with Crippen LogP contribution in [0.2, 0.25) is 0 Å². The lowest BCUT2D eigenvalue weighted by molar-refractivity contribution is 0.0598. The zero-order valence-electron chi connectivity index (χ0n) is 16.6. The summed E-state index contributed by atoms with van der Waals surface area (Å²) >= 11 is 0. The van der Waals surface area contributed by atoms with Gasteiger partial charge in [0.25, 0.3) is 5.91 Å². The fraction of sp³-hybridized carbons (Fsp3) is 0.304. The van der Waals surface area contributed by atoms with E-state index in [1.54, 1.807) is 6.92 Å². The highest BCUT2D eigenvalue weighted by molar-refractivity contribution is 5.94. The van der Waals surface area contributed by atoms with Gasteiger partial charge in [0.1, 0.15) is 18.2 Å². The SMILES string of the molecule is Cc1onc(C(=O)N2CCCCC2c2ccccc2)c1COc1ccc(F)cc1F. The lowest BCUT2D eigenvalue weighted by Crippen LogP contribution is -2.39. The fourth-order valence-electron chi connectivity index (χ4n) is 3.80. The molecule has 1 aromatic heterocycles. The minimum atomic E-state index is -0.808. The van der Waals surface area contributed by atoms with Crippen molar-refractivity contribution < 1.29 is 22.8 Å². The van der Waals surface area contributed by atoms with Gasteiger partial charge in [0.05, 0.1) is 11.6 Å². The third-order valence-corrected chi connectivity index (χ3v) is 5.40. The van der Waals surface area contributed by atoms with Crippen molar-refractivity contribution in [3.63, 3.8) is 0 Å². The largest absolute Gasteiger partial charge is 0.486 e. The Morgan fingerprint density at radius 1 is 1.20 bits per heavy atom. The smallest absolute Gasteiger partial charge is 0.276 e. The van der Waals surface area contributed by atoms with E-state index in [0.717, 1.165) is 37.0 Å². The van der Waals surface area contributed by atoms with E-state index < -0.39 is 11.6 Å². The number of halogens is 2. The highest BCUT2D eigenvalue weighted by Gasteiger charge is 2.32. The molecule has 1 fully saturated rings. The minimum absolute atomic E-state index is 0.0345. The van der Waals surface area contributed by atoms with Crippen molar-refractivity contribution in [2.45, 2.75) is 38.8 Å². The van der Waals surface area contributed by atoms with Gasteiger partial charge in [-0.3, -0.25) is 4.79 Å².